The number of aryl methyl sites for hydroxylation is 1. The Bertz CT molecular complexity index is 780. The fourth-order valence-electron chi connectivity index (χ4n) is 2.17. The highest BCUT2D eigenvalue weighted by Crippen LogP contribution is 2.18. The van der Waals surface area contributed by atoms with E-state index in [1.807, 2.05) is 0 Å². The van der Waals surface area contributed by atoms with Gasteiger partial charge in [-0.1, -0.05) is 12.1 Å². The van der Waals surface area contributed by atoms with Gasteiger partial charge >= 0.3 is 0 Å². The van der Waals surface area contributed by atoms with Gasteiger partial charge in [-0.05, 0) is 49.7 Å². The van der Waals surface area contributed by atoms with Crippen LogP contribution in [-0.4, -0.2) is 29.6 Å². The Balaban J connectivity index is 2.02. The molecular weight excluding hydrogens is 325 g/mol. The molecule has 0 fully saturated rings. The van der Waals surface area contributed by atoms with Crippen molar-refractivity contribution in [3.8, 4) is 0 Å². The largest absolute Gasteiger partial charge is 0.387 e. The predicted octanol–water partition coefficient (Wildman–Crippen LogP) is 2.50. The highest BCUT2D eigenvalue weighted by molar-refractivity contribution is 5.97. The van der Waals surface area contributed by atoms with Crippen molar-refractivity contribution in [1.29, 1.82) is 0 Å². The lowest BCUT2D eigenvalue weighted by molar-refractivity contribution is -0.119. The van der Waals surface area contributed by atoms with E-state index in [4.69, 9.17) is 5.11 Å². The van der Waals surface area contributed by atoms with E-state index in [1.165, 1.54) is 12.1 Å². The third-order valence-corrected chi connectivity index (χ3v) is 3.52. The van der Waals surface area contributed by atoms with Gasteiger partial charge in [-0.15, -0.1) is 0 Å². The summed E-state index contributed by atoms with van der Waals surface area (Å²) < 4.78 is 13.3. The maximum atomic E-state index is 13.3. The molecule has 2 rings (SSSR count). The lowest BCUT2D eigenvalue weighted by Crippen LogP contribution is -2.32. The molecule has 132 valence electrons. The van der Waals surface area contributed by atoms with Crippen molar-refractivity contribution in [2.75, 3.05) is 22.6 Å². The van der Waals surface area contributed by atoms with Crippen LogP contribution in [0.3, 0.4) is 0 Å². The summed E-state index contributed by atoms with van der Waals surface area (Å²) in [5, 5.41) is 17.0. The summed E-state index contributed by atoms with van der Waals surface area (Å²) in [6, 6.07) is 10.4. The Morgan fingerprint density at radius 1 is 1.12 bits per heavy atom. The van der Waals surface area contributed by atoms with Crippen LogP contribution in [0.2, 0.25) is 0 Å². The Labute approximate surface area is 145 Å². The number of aliphatic hydroxyl groups is 1. The van der Waals surface area contributed by atoms with Gasteiger partial charge in [0, 0.05) is 17.1 Å². The van der Waals surface area contributed by atoms with Gasteiger partial charge < -0.3 is 21.1 Å². The molecular formula is C18H20FN3O3. The van der Waals surface area contributed by atoms with E-state index >= 15 is 0 Å². The lowest BCUT2D eigenvalue weighted by atomic mass is 10.2. The molecule has 2 aromatic rings. The first-order valence-corrected chi connectivity index (χ1v) is 7.73. The number of amides is 2. The fraction of sp³-hybridized carbons (Fsp3) is 0.222. The van der Waals surface area contributed by atoms with Crippen LogP contribution in [0.25, 0.3) is 0 Å². The van der Waals surface area contributed by atoms with Gasteiger partial charge in [0.15, 0.2) is 0 Å². The van der Waals surface area contributed by atoms with Crippen LogP contribution in [0.5, 0.6) is 0 Å². The summed E-state index contributed by atoms with van der Waals surface area (Å²) in [4.78, 5) is 23.5. The van der Waals surface area contributed by atoms with Gasteiger partial charge in [0.1, 0.15) is 18.5 Å². The highest BCUT2D eigenvalue weighted by Gasteiger charge is 2.14. The van der Waals surface area contributed by atoms with Gasteiger partial charge in [0.2, 0.25) is 11.8 Å². The third kappa shape index (κ3) is 5.29. The van der Waals surface area contributed by atoms with Crippen LogP contribution in [0, 0.1) is 12.7 Å². The molecule has 7 heteroatoms. The van der Waals surface area contributed by atoms with Crippen molar-refractivity contribution in [3.05, 3.63) is 53.8 Å². The minimum absolute atomic E-state index is 0.321. The number of hydrogen-bond donors (Lipinski definition) is 4. The fourth-order valence-corrected chi connectivity index (χ4v) is 2.17. The number of benzene rings is 2. The van der Waals surface area contributed by atoms with Crippen LogP contribution in [0.4, 0.5) is 21.5 Å². The van der Waals surface area contributed by atoms with Gasteiger partial charge in [0.05, 0.1) is 0 Å². The molecule has 4 N–H and O–H groups in total. The summed E-state index contributed by atoms with van der Waals surface area (Å²) in [6.07, 6.45) is 0. The number of nitrogens with one attached hydrogen (secondary N) is 3. The quantitative estimate of drug-likeness (QED) is 0.647. The Morgan fingerprint density at radius 2 is 1.84 bits per heavy atom. The second-order valence-electron chi connectivity index (χ2n) is 5.60. The third-order valence-electron chi connectivity index (χ3n) is 3.52. The minimum Gasteiger partial charge on any atom is -0.387 e. The zero-order chi connectivity index (χ0) is 18.4. The van der Waals surface area contributed by atoms with Gasteiger partial charge in [-0.3, -0.25) is 9.59 Å². The average Bonchev–Trinajstić information content (AvgIpc) is 2.58. The first kappa shape index (κ1) is 18.4. The molecule has 25 heavy (non-hydrogen) atoms. The van der Waals surface area contributed by atoms with Crippen LogP contribution in [0.1, 0.15) is 12.5 Å². The summed E-state index contributed by atoms with van der Waals surface area (Å²) in [5.41, 5.74) is 2.30. The van der Waals surface area contributed by atoms with E-state index < -0.39 is 24.4 Å². The van der Waals surface area contributed by atoms with Crippen LogP contribution in [-0.2, 0) is 9.59 Å². The van der Waals surface area contributed by atoms with Crippen molar-refractivity contribution in [3.63, 3.8) is 0 Å². The summed E-state index contributed by atoms with van der Waals surface area (Å²) in [6.45, 7) is 2.84. The number of carbonyl (C=O) groups is 2. The van der Waals surface area contributed by atoms with E-state index in [1.54, 1.807) is 44.2 Å². The molecule has 0 saturated heterocycles. The van der Waals surface area contributed by atoms with Gasteiger partial charge in [0.25, 0.3) is 0 Å². The number of halogens is 1. The van der Waals surface area contributed by atoms with Crippen molar-refractivity contribution in [2.24, 2.45) is 0 Å². The maximum Gasteiger partial charge on any atom is 0.250 e. The molecule has 0 bridgehead atoms. The first-order chi connectivity index (χ1) is 11.9. The molecule has 0 aromatic heterocycles. The molecule has 0 radical (unpaired) electrons. The van der Waals surface area contributed by atoms with Gasteiger partial charge in [-0.2, -0.15) is 0 Å². The van der Waals surface area contributed by atoms with Crippen molar-refractivity contribution >= 4 is 28.9 Å². The molecule has 0 aliphatic rings. The molecule has 2 amide bonds. The van der Waals surface area contributed by atoms with Crippen molar-refractivity contribution < 1.29 is 19.1 Å². The zero-order valence-corrected chi connectivity index (χ0v) is 14.0. The smallest absolute Gasteiger partial charge is 0.250 e. The summed E-state index contributed by atoms with van der Waals surface area (Å²) in [7, 11) is 0. The second kappa shape index (κ2) is 8.25. The van der Waals surface area contributed by atoms with Crippen molar-refractivity contribution in [1.82, 2.24) is 0 Å². The van der Waals surface area contributed by atoms with E-state index in [2.05, 4.69) is 16.0 Å². The molecule has 0 heterocycles. The zero-order valence-electron chi connectivity index (χ0n) is 14.0. The van der Waals surface area contributed by atoms with E-state index in [-0.39, 0.29) is 5.91 Å². The Hall–Kier alpha value is -2.93. The SMILES string of the molecule is Cc1ccc(F)cc1NC(=O)[C@H](C)Nc1cccc(NC(=O)CO)c1. The molecule has 6 nitrogen and oxygen atoms in total. The maximum absolute atomic E-state index is 13.3. The average molecular weight is 345 g/mol. The Kier molecular flexibility index (Phi) is 6.08. The molecule has 0 saturated carbocycles. The lowest BCUT2D eigenvalue weighted by Gasteiger charge is -2.17. The number of anilines is 3. The normalized spacial score (nSPS) is 11.5. The monoisotopic (exact) mass is 345 g/mol. The van der Waals surface area contributed by atoms with Crippen LogP contribution < -0.4 is 16.0 Å². The molecule has 0 aliphatic carbocycles. The molecule has 1 atom stereocenters. The highest BCUT2D eigenvalue weighted by atomic mass is 19.1. The standard InChI is InChI=1S/C18H20FN3O3/c1-11-6-7-13(19)8-16(11)22-18(25)12(2)20-14-4-3-5-15(9-14)21-17(24)10-23/h3-9,12,20,23H,10H2,1-2H3,(H,21,24)(H,22,25)/t12-/m0/s1. The summed E-state index contributed by atoms with van der Waals surface area (Å²) >= 11 is 0. The van der Waals surface area contributed by atoms with Crippen LogP contribution >= 0.6 is 0 Å². The number of aliphatic hydroxyl groups excluding tert-OH is 1. The number of hydrogen-bond acceptors (Lipinski definition) is 4. The molecule has 2 aromatic carbocycles. The number of carbonyl (C=O) groups excluding carboxylic acids is 2. The van der Waals surface area contributed by atoms with E-state index in [0.717, 1.165) is 5.56 Å². The van der Waals surface area contributed by atoms with E-state index in [0.29, 0.717) is 17.1 Å². The predicted molar refractivity (Wildman–Crippen MR) is 95.0 cm³/mol. The Morgan fingerprint density at radius 3 is 2.56 bits per heavy atom. The molecule has 0 spiro atoms. The molecule has 0 aliphatic heterocycles. The summed E-state index contributed by atoms with van der Waals surface area (Å²) in [5.74, 6) is -1.27. The van der Waals surface area contributed by atoms with Crippen LogP contribution in [0.15, 0.2) is 42.5 Å². The van der Waals surface area contributed by atoms with Gasteiger partial charge in [-0.25, -0.2) is 4.39 Å². The van der Waals surface area contributed by atoms with Crippen molar-refractivity contribution in [2.45, 2.75) is 19.9 Å². The minimum atomic E-state index is -0.608. The first-order valence-electron chi connectivity index (χ1n) is 7.73. The molecule has 0 unspecified atom stereocenters. The second-order valence-corrected chi connectivity index (χ2v) is 5.60. The topological polar surface area (TPSA) is 90.5 Å². The van der Waals surface area contributed by atoms with E-state index in [9.17, 15) is 14.0 Å². The number of rotatable bonds is 6.